The Bertz CT molecular complexity index is 1400. The maximum Gasteiger partial charge on any atom is 0.323 e. The Hall–Kier alpha value is -4.72. The number of carbonyl (C=O) groups is 1. The molecule has 0 radical (unpaired) electrons. The second-order valence-corrected chi connectivity index (χ2v) is 8.63. The van der Waals surface area contributed by atoms with Crippen LogP contribution < -0.4 is 15.4 Å². The van der Waals surface area contributed by atoms with Crippen LogP contribution in [0.25, 0.3) is 11.3 Å². The summed E-state index contributed by atoms with van der Waals surface area (Å²) >= 11 is 0. The summed E-state index contributed by atoms with van der Waals surface area (Å²) in [5, 5.41) is 22.2. The number of rotatable bonds is 6. The lowest BCUT2D eigenvalue weighted by Gasteiger charge is -2.18. The number of carbonyl (C=O) groups excluding carboxylic acids is 1. The van der Waals surface area contributed by atoms with Gasteiger partial charge in [-0.05, 0) is 39.0 Å². The number of anilines is 2. The summed E-state index contributed by atoms with van der Waals surface area (Å²) in [6.45, 7) is 6.09. The number of pyridine rings is 1. The van der Waals surface area contributed by atoms with Crippen LogP contribution in [0.1, 0.15) is 20.8 Å². The van der Waals surface area contributed by atoms with Gasteiger partial charge in [-0.25, -0.2) is 9.18 Å². The Kier molecular flexibility index (Phi) is 6.46. The smallest absolute Gasteiger partial charge is 0.323 e. The van der Waals surface area contributed by atoms with E-state index in [0.29, 0.717) is 17.1 Å². The zero-order chi connectivity index (χ0) is 25.0. The molecule has 0 saturated carbocycles. The van der Waals surface area contributed by atoms with E-state index >= 15 is 0 Å². The second kappa shape index (κ2) is 9.64. The first-order chi connectivity index (χ1) is 16.7. The second-order valence-electron chi connectivity index (χ2n) is 8.63. The third-order valence-electron chi connectivity index (χ3n) is 4.85. The summed E-state index contributed by atoms with van der Waals surface area (Å²) in [7, 11) is 0. The van der Waals surface area contributed by atoms with Gasteiger partial charge in [0, 0.05) is 36.3 Å². The summed E-state index contributed by atoms with van der Waals surface area (Å²) in [5.74, 6) is 0.0316. The Labute approximate surface area is 201 Å². The first-order valence-electron chi connectivity index (χ1n) is 10.7. The molecular weight excluding hydrogens is 451 g/mol. The molecule has 0 atom stereocenters. The highest BCUT2D eigenvalue weighted by Crippen LogP contribution is 2.28. The molecular formula is C24H23FN8O2. The van der Waals surface area contributed by atoms with Gasteiger partial charge in [-0.2, -0.15) is 15.5 Å². The van der Waals surface area contributed by atoms with E-state index < -0.39 is 11.8 Å². The monoisotopic (exact) mass is 474 g/mol. The van der Waals surface area contributed by atoms with E-state index in [0.717, 1.165) is 5.56 Å². The SMILES string of the molecule is CC(C)(C)n1cc(NC(=O)Nc2ccc(Oc3ccnc(-c4cnn(CC#N)c4)c3)cc2F)cn1. The molecule has 2 N–H and O–H groups in total. The van der Waals surface area contributed by atoms with Gasteiger partial charge in [0.25, 0.3) is 0 Å². The maximum absolute atomic E-state index is 14.6. The number of aromatic nitrogens is 5. The van der Waals surface area contributed by atoms with Crippen molar-refractivity contribution in [3.63, 3.8) is 0 Å². The van der Waals surface area contributed by atoms with Gasteiger partial charge in [-0.3, -0.25) is 14.3 Å². The summed E-state index contributed by atoms with van der Waals surface area (Å²) in [6.07, 6.45) is 8.09. The number of benzene rings is 1. The van der Waals surface area contributed by atoms with E-state index in [-0.39, 0.29) is 23.5 Å². The molecule has 3 aromatic heterocycles. The third-order valence-corrected chi connectivity index (χ3v) is 4.85. The number of urea groups is 1. The summed E-state index contributed by atoms with van der Waals surface area (Å²) in [6, 6.07) is 8.88. The van der Waals surface area contributed by atoms with Gasteiger partial charge in [-0.1, -0.05) is 0 Å². The van der Waals surface area contributed by atoms with Crippen LogP contribution in [0.15, 0.2) is 61.3 Å². The number of hydrogen-bond acceptors (Lipinski definition) is 6. The lowest BCUT2D eigenvalue weighted by atomic mass is 10.1. The van der Waals surface area contributed by atoms with Gasteiger partial charge in [0.1, 0.15) is 23.9 Å². The van der Waals surface area contributed by atoms with Crippen LogP contribution in [-0.2, 0) is 12.1 Å². The molecule has 0 saturated heterocycles. The van der Waals surface area contributed by atoms with Crippen molar-refractivity contribution in [3.8, 4) is 28.8 Å². The van der Waals surface area contributed by atoms with E-state index in [9.17, 15) is 9.18 Å². The average Bonchev–Trinajstić information content (AvgIpc) is 3.46. The number of halogens is 1. The van der Waals surface area contributed by atoms with Crippen molar-refractivity contribution in [1.82, 2.24) is 24.5 Å². The molecule has 0 fully saturated rings. The van der Waals surface area contributed by atoms with Crippen LogP contribution in [0.5, 0.6) is 11.5 Å². The van der Waals surface area contributed by atoms with E-state index in [1.54, 1.807) is 47.7 Å². The van der Waals surface area contributed by atoms with Crippen LogP contribution in [0.4, 0.5) is 20.6 Å². The van der Waals surface area contributed by atoms with Crippen LogP contribution in [0.3, 0.4) is 0 Å². The molecule has 4 rings (SSSR count). The highest BCUT2D eigenvalue weighted by Gasteiger charge is 2.15. The molecule has 2 amide bonds. The van der Waals surface area contributed by atoms with E-state index in [1.807, 2.05) is 26.8 Å². The molecule has 0 aliphatic carbocycles. The zero-order valence-electron chi connectivity index (χ0n) is 19.4. The van der Waals surface area contributed by atoms with Crippen molar-refractivity contribution in [1.29, 1.82) is 5.26 Å². The fourth-order valence-corrected chi connectivity index (χ4v) is 3.12. The highest BCUT2D eigenvalue weighted by atomic mass is 19.1. The van der Waals surface area contributed by atoms with E-state index in [1.165, 1.54) is 23.0 Å². The number of nitrogens with zero attached hydrogens (tertiary/aromatic N) is 6. The van der Waals surface area contributed by atoms with Crippen molar-refractivity contribution < 1.29 is 13.9 Å². The normalized spacial score (nSPS) is 11.1. The number of nitrogens with one attached hydrogen (secondary N) is 2. The molecule has 11 heteroatoms. The first-order valence-corrected chi connectivity index (χ1v) is 10.7. The van der Waals surface area contributed by atoms with Crippen LogP contribution in [-0.4, -0.2) is 30.6 Å². The third kappa shape index (κ3) is 5.80. The van der Waals surface area contributed by atoms with Crippen molar-refractivity contribution in [2.24, 2.45) is 0 Å². The first kappa shape index (κ1) is 23.4. The average molecular weight is 475 g/mol. The Balaban J connectivity index is 1.40. The fourth-order valence-electron chi connectivity index (χ4n) is 3.12. The zero-order valence-corrected chi connectivity index (χ0v) is 19.4. The molecule has 0 spiro atoms. The van der Waals surface area contributed by atoms with Gasteiger partial charge in [-0.15, -0.1) is 0 Å². The van der Waals surface area contributed by atoms with Crippen molar-refractivity contribution in [2.45, 2.75) is 32.9 Å². The topological polar surface area (TPSA) is 123 Å². The Morgan fingerprint density at radius 2 is 1.91 bits per heavy atom. The minimum atomic E-state index is -0.657. The Morgan fingerprint density at radius 1 is 1.11 bits per heavy atom. The predicted octanol–water partition coefficient (Wildman–Crippen LogP) is 5.00. The quantitative estimate of drug-likeness (QED) is 0.406. The fraction of sp³-hybridized carbons (Fsp3) is 0.208. The van der Waals surface area contributed by atoms with Crippen LogP contribution in [0.2, 0.25) is 0 Å². The van der Waals surface area contributed by atoms with Crippen LogP contribution >= 0.6 is 0 Å². The van der Waals surface area contributed by atoms with Gasteiger partial charge in [0.15, 0.2) is 0 Å². The molecule has 0 bridgehead atoms. The van der Waals surface area contributed by atoms with Crippen molar-refractivity contribution in [3.05, 3.63) is 67.1 Å². The molecule has 0 unspecified atom stereocenters. The molecule has 4 aromatic rings. The lowest BCUT2D eigenvalue weighted by Crippen LogP contribution is -2.22. The number of nitriles is 1. The highest BCUT2D eigenvalue weighted by molar-refractivity contribution is 5.99. The summed E-state index contributed by atoms with van der Waals surface area (Å²) in [4.78, 5) is 16.6. The molecule has 10 nitrogen and oxygen atoms in total. The van der Waals surface area contributed by atoms with Crippen molar-refractivity contribution >= 4 is 17.4 Å². The van der Waals surface area contributed by atoms with Gasteiger partial charge in [0.05, 0.1) is 41.1 Å². The van der Waals surface area contributed by atoms with Gasteiger partial charge in [0.2, 0.25) is 0 Å². The molecule has 1 aromatic carbocycles. The standard InChI is InChI=1S/C24H23FN8O2/c1-24(2,3)33-15-17(13-29-33)30-23(34)31-21-5-4-18(10-20(21)25)35-19-6-8-27-22(11-19)16-12-28-32(14-16)9-7-26/h4-6,8,10-15H,9H2,1-3H3,(H2,30,31,34). The lowest BCUT2D eigenvalue weighted by molar-refractivity contribution is 0.262. The van der Waals surface area contributed by atoms with Gasteiger partial charge < -0.3 is 15.4 Å². The van der Waals surface area contributed by atoms with E-state index in [2.05, 4.69) is 25.8 Å². The van der Waals surface area contributed by atoms with Crippen LogP contribution in [0, 0.1) is 17.1 Å². The summed E-state index contributed by atoms with van der Waals surface area (Å²) < 4.78 is 23.6. The van der Waals surface area contributed by atoms with Gasteiger partial charge >= 0.3 is 6.03 Å². The minimum absolute atomic E-state index is 0.00149. The Morgan fingerprint density at radius 3 is 2.63 bits per heavy atom. The molecule has 0 aliphatic rings. The van der Waals surface area contributed by atoms with E-state index in [4.69, 9.17) is 10.00 Å². The maximum atomic E-state index is 14.6. The summed E-state index contributed by atoms with van der Waals surface area (Å²) in [5.41, 5.74) is 1.57. The molecule has 178 valence electrons. The largest absolute Gasteiger partial charge is 0.457 e. The molecule has 35 heavy (non-hydrogen) atoms. The number of ether oxygens (including phenoxy) is 1. The predicted molar refractivity (Wildman–Crippen MR) is 127 cm³/mol. The number of hydrogen-bond donors (Lipinski definition) is 2. The minimum Gasteiger partial charge on any atom is -0.457 e. The number of amides is 2. The molecule has 0 aliphatic heterocycles. The molecule has 3 heterocycles. The van der Waals surface area contributed by atoms with Crippen molar-refractivity contribution in [2.75, 3.05) is 10.6 Å².